The molecule has 3 heteroatoms. The lowest BCUT2D eigenvalue weighted by atomic mass is 10.00. The van der Waals surface area contributed by atoms with Crippen LogP contribution in [0.1, 0.15) is 83.2 Å². The molecular formula is C15H31N3. The fourth-order valence-corrected chi connectivity index (χ4v) is 1.79. The summed E-state index contributed by atoms with van der Waals surface area (Å²) < 4.78 is 0. The van der Waals surface area contributed by atoms with Gasteiger partial charge in [-0.25, -0.2) is 9.97 Å². The summed E-state index contributed by atoms with van der Waals surface area (Å²) in [6.07, 6.45) is 0. The zero-order chi connectivity index (χ0) is 14.9. The first-order chi connectivity index (χ1) is 8.43. The first-order valence-corrected chi connectivity index (χ1v) is 7.04. The highest BCUT2D eigenvalue weighted by molar-refractivity contribution is 5.27. The van der Waals surface area contributed by atoms with Crippen LogP contribution in [-0.4, -0.2) is 9.97 Å². The Kier molecular flexibility index (Phi) is 10.8. The van der Waals surface area contributed by atoms with Gasteiger partial charge in [0.15, 0.2) is 0 Å². The number of nitrogens with two attached hydrogens (primary N) is 1. The number of rotatable bonds is 2. The van der Waals surface area contributed by atoms with Gasteiger partial charge in [-0.05, 0) is 32.3 Å². The van der Waals surface area contributed by atoms with E-state index in [0.717, 1.165) is 17.2 Å². The van der Waals surface area contributed by atoms with Crippen LogP contribution in [0.15, 0.2) is 0 Å². The molecule has 0 fully saturated rings. The third-order valence-electron chi connectivity index (χ3n) is 2.33. The van der Waals surface area contributed by atoms with Gasteiger partial charge in [-0.3, -0.25) is 0 Å². The molecule has 0 aliphatic rings. The monoisotopic (exact) mass is 253 g/mol. The van der Waals surface area contributed by atoms with E-state index in [9.17, 15) is 0 Å². The molecule has 0 radical (unpaired) electrons. The van der Waals surface area contributed by atoms with E-state index < -0.39 is 0 Å². The van der Waals surface area contributed by atoms with Crippen molar-refractivity contribution in [1.82, 2.24) is 9.97 Å². The maximum absolute atomic E-state index is 5.75. The number of hydrogen-bond donors (Lipinski definition) is 1. The highest BCUT2D eigenvalue weighted by Gasteiger charge is 2.12. The largest absolute Gasteiger partial charge is 0.322 e. The van der Waals surface area contributed by atoms with E-state index in [1.807, 2.05) is 48.5 Å². The Balaban J connectivity index is 0. The molecule has 1 heterocycles. The van der Waals surface area contributed by atoms with Gasteiger partial charge in [-0.2, -0.15) is 0 Å². The molecule has 0 amide bonds. The summed E-state index contributed by atoms with van der Waals surface area (Å²) in [5.41, 5.74) is 9.11. The minimum atomic E-state index is -0.0892. The minimum Gasteiger partial charge on any atom is -0.322 e. The zero-order valence-corrected chi connectivity index (χ0v) is 13.6. The van der Waals surface area contributed by atoms with Crippen molar-refractivity contribution in [2.45, 2.75) is 74.3 Å². The molecule has 18 heavy (non-hydrogen) atoms. The van der Waals surface area contributed by atoms with Crippen LogP contribution in [-0.2, 0) is 0 Å². The predicted octanol–water partition coefficient (Wildman–Crippen LogP) is 4.29. The van der Waals surface area contributed by atoms with Gasteiger partial charge >= 0.3 is 0 Å². The second kappa shape index (κ2) is 10.0. The number of nitrogens with zero attached hydrogens (tertiary/aromatic N) is 2. The van der Waals surface area contributed by atoms with E-state index in [4.69, 9.17) is 5.73 Å². The van der Waals surface area contributed by atoms with Crippen LogP contribution in [0.5, 0.6) is 0 Å². The number of aromatic nitrogens is 2. The SMILES string of the molecule is CC.CC.Cc1nc(C(C)N)nc(C)c1C(C)C. The second-order valence-corrected chi connectivity index (χ2v) is 4.11. The second-order valence-electron chi connectivity index (χ2n) is 4.11. The molecule has 0 bridgehead atoms. The molecule has 0 aliphatic carbocycles. The van der Waals surface area contributed by atoms with E-state index in [-0.39, 0.29) is 6.04 Å². The van der Waals surface area contributed by atoms with Crippen molar-refractivity contribution in [3.8, 4) is 0 Å². The third kappa shape index (κ3) is 5.58. The third-order valence-corrected chi connectivity index (χ3v) is 2.33. The summed E-state index contributed by atoms with van der Waals surface area (Å²) in [5, 5.41) is 0. The molecule has 2 N–H and O–H groups in total. The Bertz CT molecular complexity index is 308. The van der Waals surface area contributed by atoms with Gasteiger partial charge < -0.3 is 5.73 Å². The highest BCUT2D eigenvalue weighted by atomic mass is 14.9. The number of hydrogen-bond acceptors (Lipinski definition) is 3. The van der Waals surface area contributed by atoms with E-state index >= 15 is 0 Å². The summed E-state index contributed by atoms with van der Waals surface area (Å²) in [6.45, 7) is 18.3. The van der Waals surface area contributed by atoms with Gasteiger partial charge in [0.1, 0.15) is 5.82 Å². The molecule has 1 aromatic rings. The Labute approximate surface area is 113 Å². The molecular weight excluding hydrogens is 222 g/mol. The van der Waals surface area contributed by atoms with Gasteiger partial charge in [-0.15, -0.1) is 0 Å². The summed E-state index contributed by atoms with van der Waals surface area (Å²) in [7, 11) is 0. The van der Waals surface area contributed by atoms with Crippen molar-refractivity contribution >= 4 is 0 Å². The van der Waals surface area contributed by atoms with E-state index in [1.54, 1.807) is 0 Å². The average molecular weight is 253 g/mol. The fourth-order valence-electron chi connectivity index (χ4n) is 1.79. The van der Waals surface area contributed by atoms with Gasteiger partial charge in [-0.1, -0.05) is 41.5 Å². The first kappa shape index (κ1) is 19.4. The van der Waals surface area contributed by atoms with Crippen molar-refractivity contribution in [1.29, 1.82) is 0 Å². The Morgan fingerprint density at radius 1 is 0.833 bits per heavy atom. The first-order valence-electron chi connectivity index (χ1n) is 7.04. The molecule has 0 spiro atoms. The van der Waals surface area contributed by atoms with Crippen LogP contribution in [0.2, 0.25) is 0 Å². The molecule has 0 saturated carbocycles. The minimum absolute atomic E-state index is 0.0892. The topological polar surface area (TPSA) is 51.8 Å². The summed E-state index contributed by atoms with van der Waals surface area (Å²) in [4.78, 5) is 8.84. The molecule has 1 unspecified atom stereocenters. The van der Waals surface area contributed by atoms with Gasteiger partial charge in [0, 0.05) is 11.4 Å². The van der Waals surface area contributed by atoms with E-state index in [0.29, 0.717) is 5.92 Å². The summed E-state index contributed by atoms with van der Waals surface area (Å²) in [5.74, 6) is 1.21. The van der Waals surface area contributed by atoms with Gasteiger partial charge in [0.05, 0.1) is 6.04 Å². The molecule has 1 rings (SSSR count). The Morgan fingerprint density at radius 3 is 1.39 bits per heavy atom. The molecule has 106 valence electrons. The quantitative estimate of drug-likeness (QED) is 0.855. The lowest BCUT2D eigenvalue weighted by molar-refractivity contribution is 0.706. The van der Waals surface area contributed by atoms with Crippen LogP contribution in [0.4, 0.5) is 0 Å². The van der Waals surface area contributed by atoms with Crippen molar-refractivity contribution in [3.63, 3.8) is 0 Å². The van der Waals surface area contributed by atoms with Crippen LogP contribution >= 0.6 is 0 Å². The van der Waals surface area contributed by atoms with Gasteiger partial charge in [0.25, 0.3) is 0 Å². The maximum atomic E-state index is 5.75. The van der Waals surface area contributed by atoms with Crippen molar-refractivity contribution < 1.29 is 0 Å². The van der Waals surface area contributed by atoms with Crippen LogP contribution < -0.4 is 5.73 Å². The Hall–Kier alpha value is -0.960. The smallest absolute Gasteiger partial charge is 0.145 e. The maximum Gasteiger partial charge on any atom is 0.145 e. The lowest BCUT2D eigenvalue weighted by Crippen LogP contribution is -2.14. The highest BCUT2D eigenvalue weighted by Crippen LogP contribution is 2.21. The normalized spacial score (nSPS) is 11.1. The zero-order valence-electron chi connectivity index (χ0n) is 13.6. The fraction of sp³-hybridized carbons (Fsp3) is 0.733. The molecule has 3 nitrogen and oxygen atoms in total. The van der Waals surface area contributed by atoms with Crippen molar-refractivity contribution in [3.05, 3.63) is 22.8 Å². The Morgan fingerprint density at radius 2 is 1.17 bits per heavy atom. The standard InChI is InChI=1S/C11H19N3.2C2H6/c1-6(2)10-8(4)13-11(7(3)12)14-9(10)5;2*1-2/h6-7H,12H2,1-5H3;2*1-2H3. The van der Waals surface area contributed by atoms with E-state index in [1.165, 1.54) is 5.56 Å². The van der Waals surface area contributed by atoms with Crippen LogP contribution in [0, 0.1) is 13.8 Å². The van der Waals surface area contributed by atoms with Crippen LogP contribution in [0.3, 0.4) is 0 Å². The van der Waals surface area contributed by atoms with Crippen molar-refractivity contribution in [2.75, 3.05) is 0 Å². The molecule has 0 saturated heterocycles. The molecule has 0 aliphatic heterocycles. The summed E-state index contributed by atoms with van der Waals surface area (Å²) >= 11 is 0. The average Bonchev–Trinajstić information content (AvgIpc) is 2.32. The van der Waals surface area contributed by atoms with Gasteiger partial charge in [0.2, 0.25) is 0 Å². The van der Waals surface area contributed by atoms with E-state index in [2.05, 4.69) is 23.8 Å². The predicted molar refractivity (Wildman–Crippen MR) is 80.9 cm³/mol. The molecule has 0 aromatic carbocycles. The van der Waals surface area contributed by atoms with Crippen molar-refractivity contribution in [2.24, 2.45) is 5.73 Å². The lowest BCUT2D eigenvalue weighted by Gasteiger charge is -2.14. The summed E-state index contributed by atoms with van der Waals surface area (Å²) in [6, 6.07) is -0.0892. The number of aryl methyl sites for hydroxylation is 2. The van der Waals surface area contributed by atoms with Crippen LogP contribution in [0.25, 0.3) is 0 Å². The molecule has 1 aromatic heterocycles. The molecule has 1 atom stereocenters.